The van der Waals surface area contributed by atoms with Crippen LogP contribution in [-0.2, 0) is 0 Å². The molecule has 0 atom stereocenters. The van der Waals surface area contributed by atoms with Crippen LogP contribution >= 0.6 is 11.6 Å². The fourth-order valence-corrected chi connectivity index (χ4v) is 5.26. The molecule has 0 spiro atoms. The first-order chi connectivity index (χ1) is 10.1. The van der Waals surface area contributed by atoms with Gasteiger partial charge in [-0.25, -0.2) is 0 Å². The number of aliphatic hydroxyl groups is 1. The Balaban J connectivity index is 2.59. The summed E-state index contributed by atoms with van der Waals surface area (Å²) in [6, 6.07) is 18.3. The van der Waals surface area contributed by atoms with Gasteiger partial charge in [0.2, 0.25) is 0 Å². The summed E-state index contributed by atoms with van der Waals surface area (Å²) in [5.74, 6) is 0. The third kappa shape index (κ3) is 3.75. The molecule has 0 heterocycles. The second kappa shape index (κ2) is 6.93. The number of rotatable bonds is 4. The molecule has 2 aromatic rings. The van der Waals surface area contributed by atoms with Gasteiger partial charge in [-0.2, -0.15) is 0 Å². The van der Waals surface area contributed by atoms with Crippen molar-refractivity contribution in [1.29, 1.82) is 0 Å². The summed E-state index contributed by atoms with van der Waals surface area (Å²) in [4.78, 5) is 0. The van der Waals surface area contributed by atoms with Crippen molar-refractivity contribution in [2.24, 2.45) is 0 Å². The van der Waals surface area contributed by atoms with Gasteiger partial charge in [0.05, 0.1) is 6.61 Å². The van der Waals surface area contributed by atoms with E-state index in [-0.39, 0.29) is 6.61 Å². The van der Waals surface area contributed by atoms with Crippen molar-refractivity contribution in [1.82, 2.24) is 0 Å². The zero-order valence-electron chi connectivity index (χ0n) is 12.3. The predicted octanol–water partition coefficient (Wildman–Crippen LogP) is 4.03. The van der Waals surface area contributed by atoms with Gasteiger partial charge in [-0.3, -0.25) is 0 Å². The molecule has 1 N–H and O–H groups in total. The largest absolute Gasteiger partial charge is 0.392 e. The van der Waals surface area contributed by atoms with Crippen molar-refractivity contribution >= 4 is 30.1 Å². The normalized spacial score (nSPS) is 10.9. The van der Waals surface area contributed by atoms with Crippen LogP contribution in [0.5, 0.6) is 0 Å². The first-order valence-corrected chi connectivity index (χ1v) is 10.3. The van der Waals surface area contributed by atoms with Gasteiger partial charge in [0, 0.05) is 5.02 Å². The molecule has 0 saturated carbocycles. The molecule has 0 aliphatic rings. The van der Waals surface area contributed by atoms with E-state index >= 15 is 0 Å². The van der Waals surface area contributed by atoms with E-state index in [4.69, 9.17) is 16.7 Å². The Morgan fingerprint density at radius 3 is 2.48 bits per heavy atom. The van der Waals surface area contributed by atoms with Gasteiger partial charge >= 0.3 is 0 Å². The molecule has 1 nitrogen and oxygen atoms in total. The first kappa shape index (κ1) is 15.8. The molecule has 108 valence electrons. The Kier molecular flexibility index (Phi) is 5.21. The van der Waals surface area contributed by atoms with Gasteiger partial charge in [-0.05, 0) is 29.0 Å². The van der Waals surface area contributed by atoms with Crippen molar-refractivity contribution in [3.63, 3.8) is 0 Å². The summed E-state index contributed by atoms with van der Waals surface area (Å²) in [6.07, 6.45) is 1.67. The highest BCUT2D eigenvalue weighted by molar-refractivity contribution is 7.04. The van der Waals surface area contributed by atoms with Gasteiger partial charge in [0.1, 0.15) is 8.07 Å². The quantitative estimate of drug-likeness (QED) is 0.667. The SMILES string of the molecule is C[Si](C)(C(=C=CCO)c1cccc(Cl)c1)c1ccccc1. The predicted molar refractivity (Wildman–Crippen MR) is 93.6 cm³/mol. The third-order valence-corrected chi connectivity index (χ3v) is 7.27. The van der Waals surface area contributed by atoms with Crippen molar-refractivity contribution in [3.8, 4) is 0 Å². The lowest BCUT2D eigenvalue weighted by Gasteiger charge is -2.25. The van der Waals surface area contributed by atoms with Crippen molar-refractivity contribution in [3.05, 3.63) is 77.0 Å². The standard InChI is InChI=1S/C18H19ClOSi/c1-21(2,17-10-4-3-5-11-17)18(12-7-13-20)15-8-6-9-16(19)14-15/h3-11,14,20H,13H2,1-2H3. The Morgan fingerprint density at radius 2 is 1.86 bits per heavy atom. The Labute approximate surface area is 132 Å². The Morgan fingerprint density at radius 1 is 1.14 bits per heavy atom. The van der Waals surface area contributed by atoms with E-state index in [2.05, 4.69) is 49.2 Å². The van der Waals surface area contributed by atoms with E-state index in [1.165, 1.54) is 5.19 Å². The van der Waals surface area contributed by atoms with Gasteiger partial charge in [-0.15, -0.1) is 5.73 Å². The average Bonchev–Trinajstić information content (AvgIpc) is 2.48. The molecule has 2 aromatic carbocycles. The lowest BCUT2D eigenvalue weighted by atomic mass is 10.2. The molecule has 2 rings (SSSR count). The molecular formula is C18H19ClOSi. The van der Waals surface area contributed by atoms with Crippen LogP contribution in [0.25, 0.3) is 5.20 Å². The van der Waals surface area contributed by atoms with E-state index in [1.54, 1.807) is 6.08 Å². The maximum Gasteiger partial charge on any atom is 0.122 e. The molecule has 0 amide bonds. The minimum Gasteiger partial charge on any atom is -0.392 e. The molecule has 3 heteroatoms. The Hall–Kier alpha value is -1.57. The fourth-order valence-electron chi connectivity index (χ4n) is 2.42. The minimum atomic E-state index is -1.91. The highest BCUT2D eigenvalue weighted by Crippen LogP contribution is 2.27. The third-order valence-electron chi connectivity index (χ3n) is 3.57. The summed E-state index contributed by atoms with van der Waals surface area (Å²) in [5, 5.41) is 12.3. The Bertz CT molecular complexity index is 671. The number of aliphatic hydroxyl groups excluding tert-OH is 1. The van der Waals surface area contributed by atoms with Crippen LogP contribution in [0.1, 0.15) is 5.56 Å². The van der Waals surface area contributed by atoms with E-state index in [1.807, 2.05) is 24.3 Å². The van der Waals surface area contributed by atoms with E-state index < -0.39 is 8.07 Å². The van der Waals surface area contributed by atoms with Gasteiger partial charge in [0.25, 0.3) is 0 Å². The molecule has 0 fully saturated rings. The van der Waals surface area contributed by atoms with E-state index in [0.29, 0.717) is 5.02 Å². The number of hydrogen-bond donors (Lipinski definition) is 1. The average molecular weight is 315 g/mol. The highest BCUT2D eigenvalue weighted by Gasteiger charge is 2.29. The van der Waals surface area contributed by atoms with E-state index in [0.717, 1.165) is 10.8 Å². The van der Waals surface area contributed by atoms with Crippen LogP contribution in [0.2, 0.25) is 18.1 Å². The van der Waals surface area contributed by atoms with Crippen LogP contribution < -0.4 is 5.19 Å². The summed E-state index contributed by atoms with van der Waals surface area (Å²) >= 11 is 6.13. The molecule has 0 radical (unpaired) electrons. The maximum absolute atomic E-state index is 9.11. The van der Waals surface area contributed by atoms with Crippen molar-refractivity contribution in [2.75, 3.05) is 6.61 Å². The topological polar surface area (TPSA) is 20.2 Å². The lowest BCUT2D eigenvalue weighted by molar-refractivity contribution is 0.343. The number of benzene rings is 2. The second-order valence-corrected chi connectivity index (χ2v) is 10.2. The smallest absolute Gasteiger partial charge is 0.122 e. The second-order valence-electron chi connectivity index (χ2n) is 5.41. The van der Waals surface area contributed by atoms with Crippen LogP contribution in [0.15, 0.2) is 66.4 Å². The zero-order valence-corrected chi connectivity index (χ0v) is 14.1. The van der Waals surface area contributed by atoms with Gasteiger partial charge in [0.15, 0.2) is 0 Å². The molecule has 0 aliphatic carbocycles. The highest BCUT2D eigenvalue weighted by atomic mass is 35.5. The van der Waals surface area contributed by atoms with Crippen LogP contribution in [0.3, 0.4) is 0 Å². The fraction of sp³-hybridized carbons (Fsp3) is 0.167. The minimum absolute atomic E-state index is 0.0106. The van der Waals surface area contributed by atoms with Gasteiger partial charge < -0.3 is 5.11 Å². The maximum atomic E-state index is 9.11. The summed E-state index contributed by atoms with van der Waals surface area (Å²) < 4.78 is 0. The number of halogens is 1. The molecular weight excluding hydrogens is 296 g/mol. The van der Waals surface area contributed by atoms with Crippen molar-refractivity contribution < 1.29 is 5.11 Å². The van der Waals surface area contributed by atoms with Crippen LogP contribution in [0, 0.1) is 0 Å². The molecule has 0 saturated heterocycles. The molecule has 0 aromatic heterocycles. The summed E-state index contributed by atoms with van der Waals surface area (Å²) in [6.45, 7) is 4.57. The molecule has 0 bridgehead atoms. The zero-order chi connectivity index (χ0) is 15.3. The lowest BCUT2D eigenvalue weighted by Crippen LogP contribution is -2.42. The molecule has 21 heavy (non-hydrogen) atoms. The molecule has 0 unspecified atom stereocenters. The molecule has 0 aliphatic heterocycles. The summed E-state index contributed by atoms with van der Waals surface area (Å²) in [5.41, 5.74) is 4.37. The van der Waals surface area contributed by atoms with E-state index in [9.17, 15) is 0 Å². The van der Waals surface area contributed by atoms with Crippen LogP contribution in [0.4, 0.5) is 0 Å². The summed E-state index contributed by atoms with van der Waals surface area (Å²) in [7, 11) is -1.91. The van der Waals surface area contributed by atoms with Crippen molar-refractivity contribution in [2.45, 2.75) is 13.1 Å². The number of hydrogen-bond acceptors (Lipinski definition) is 1. The van der Waals surface area contributed by atoms with Crippen LogP contribution in [-0.4, -0.2) is 19.8 Å². The van der Waals surface area contributed by atoms with Gasteiger partial charge in [-0.1, -0.05) is 72.3 Å². The first-order valence-electron chi connectivity index (χ1n) is 6.93. The monoisotopic (exact) mass is 314 g/mol.